The van der Waals surface area contributed by atoms with Crippen LogP contribution in [-0.4, -0.2) is 12.1 Å². The standard InChI is InChI=1S/C14H10Cl2N2O/c15-12-6-4-11(5-7-12)14(19)18-17-9-10-2-1-3-13(16)8-10/h1-9H,(H,18,19)/b17-9-. The number of hydrazone groups is 1. The van der Waals surface area contributed by atoms with E-state index in [9.17, 15) is 4.79 Å². The van der Waals surface area contributed by atoms with E-state index in [2.05, 4.69) is 10.5 Å². The van der Waals surface area contributed by atoms with Gasteiger partial charge in [0.05, 0.1) is 6.21 Å². The van der Waals surface area contributed by atoms with Crippen LogP contribution >= 0.6 is 23.2 Å². The highest BCUT2D eigenvalue weighted by atomic mass is 35.5. The number of rotatable bonds is 3. The van der Waals surface area contributed by atoms with E-state index in [0.717, 1.165) is 5.56 Å². The molecule has 0 spiro atoms. The van der Waals surface area contributed by atoms with E-state index in [1.54, 1.807) is 36.4 Å². The molecule has 96 valence electrons. The molecule has 0 saturated carbocycles. The first-order valence-electron chi connectivity index (χ1n) is 5.50. The lowest BCUT2D eigenvalue weighted by atomic mass is 10.2. The number of hydrogen-bond donors (Lipinski definition) is 1. The van der Waals surface area contributed by atoms with Crippen molar-refractivity contribution in [2.45, 2.75) is 0 Å². The van der Waals surface area contributed by atoms with Gasteiger partial charge in [0.25, 0.3) is 5.91 Å². The molecule has 3 nitrogen and oxygen atoms in total. The Morgan fingerprint density at radius 1 is 1.05 bits per heavy atom. The third kappa shape index (κ3) is 4.09. The number of amides is 1. The van der Waals surface area contributed by atoms with Gasteiger partial charge in [-0.1, -0.05) is 35.3 Å². The molecule has 1 N–H and O–H groups in total. The number of carbonyl (C=O) groups excluding carboxylic acids is 1. The van der Waals surface area contributed by atoms with Gasteiger partial charge in [-0.2, -0.15) is 5.10 Å². The van der Waals surface area contributed by atoms with Gasteiger partial charge in [0.15, 0.2) is 0 Å². The normalized spacial score (nSPS) is 10.6. The fourth-order valence-electron chi connectivity index (χ4n) is 1.42. The summed E-state index contributed by atoms with van der Waals surface area (Å²) in [5.74, 6) is -0.296. The van der Waals surface area contributed by atoms with Crippen molar-refractivity contribution in [3.8, 4) is 0 Å². The molecule has 0 aliphatic heterocycles. The number of carbonyl (C=O) groups is 1. The zero-order valence-corrected chi connectivity index (χ0v) is 11.3. The summed E-state index contributed by atoms with van der Waals surface area (Å²) in [5, 5.41) is 5.07. The monoisotopic (exact) mass is 292 g/mol. The average Bonchev–Trinajstić information content (AvgIpc) is 2.39. The second kappa shape index (κ2) is 6.36. The molecule has 0 unspecified atom stereocenters. The third-order valence-electron chi connectivity index (χ3n) is 2.33. The maximum atomic E-state index is 11.7. The van der Waals surface area contributed by atoms with Gasteiger partial charge in [0.2, 0.25) is 0 Å². The van der Waals surface area contributed by atoms with Crippen LogP contribution in [0.25, 0.3) is 0 Å². The molecule has 0 heterocycles. The average molecular weight is 293 g/mol. The third-order valence-corrected chi connectivity index (χ3v) is 2.82. The minimum atomic E-state index is -0.296. The summed E-state index contributed by atoms with van der Waals surface area (Å²) in [7, 11) is 0. The van der Waals surface area contributed by atoms with E-state index in [0.29, 0.717) is 15.6 Å². The summed E-state index contributed by atoms with van der Waals surface area (Å²) < 4.78 is 0. The molecule has 1 amide bonds. The van der Waals surface area contributed by atoms with Crippen LogP contribution in [0.1, 0.15) is 15.9 Å². The number of hydrogen-bond acceptors (Lipinski definition) is 2. The van der Waals surface area contributed by atoms with E-state index >= 15 is 0 Å². The molecule has 2 aromatic rings. The van der Waals surface area contributed by atoms with E-state index in [1.165, 1.54) is 6.21 Å². The summed E-state index contributed by atoms with van der Waals surface area (Å²) in [6, 6.07) is 13.7. The SMILES string of the molecule is O=C(N/N=C\c1cccc(Cl)c1)c1ccc(Cl)cc1. The van der Waals surface area contributed by atoms with E-state index in [4.69, 9.17) is 23.2 Å². The van der Waals surface area contributed by atoms with Gasteiger partial charge in [0.1, 0.15) is 0 Å². The molecule has 0 atom stereocenters. The number of benzene rings is 2. The Kier molecular flexibility index (Phi) is 4.55. The lowest BCUT2D eigenvalue weighted by Crippen LogP contribution is -2.17. The van der Waals surface area contributed by atoms with Crippen molar-refractivity contribution in [2.24, 2.45) is 5.10 Å². The molecular formula is C14H10Cl2N2O. The Balaban J connectivity index is 1.98. The van der Waals surface area contributed by atoms with Gasteiger partial charge >= 0.3 is 0 Å². The van der Waals surface area contributed by atoms with E-state index < -0.39 is 0 Å². The van der Waals surface area contributed by atoms with Crippen molar-refractivity contribution < 1.29 is 4.79 Å². The molecule has 2 rings (SSSR count). The maximum absolute atomic E-state index is 11.7. The zero-order chi connectivity index (χ0) is 13.7. The van der Waals surface area contributed by atoms with Crippen molar-refractivity contribution in [1.29, 1.82) is 0 Å². The van der Waals surface area contributed by atoms with Gasteiger partial charge in [-0.05, 0) is 42.0 Å². The highest BCUT2D eigenvalue weighted by Crippen LogP contribution is 2.10. The summed E-state index contributed by atoms with van der Waals surface area (Å²) in [6.07, 6.45) is 1.53. The minimum absolute atomic E-state index is 0.296. The molecule has 0 fully saturated rings. The molecule has 0 aliphatic carbocycles. The van der Waals surface area contributed by atoms with Gasteiger partial charge in [0, 0.05) is 15.6 Å². The van der Waals surface area contributed by atoms with Crippen molar-refractivity contribution in [3.63, 3.8) is 0 Å². The number of nitrogens with zero attached hydrogens (tertiary/aromatic N) is 1. The number of nitrogens with one attached hydrogen (secondary N) is 1. The van der Waals surface area contributed by atoms with Crippen molar-refractivity contribution in [3.05, 3.63) is 69.7 Å². The van der Waals surface area contributed by atoms with Crippen LogP contribution in [0.3, 0.4) is 0 Å². The first kappa shape index (κ1) is 13.6. The molecule has 0 aliphatic rings. The van der Waals surface area contributed by atoms with Crippen LogP contribution in [0.2, 0.25) is 10.0 Å². The molecule has 0 saturated heterocycles. The van der Waals surface area contributed by atoms with Crippen LogP contribution in [0.5, 0.6) is 0 Å². The molecule has 0 bridgehead atoms. The summed E-state index contributed by atoms with van der Waals surface area (Å²) >= 11 is 11.6. The molecular weight excluding hydrogens is 283 g/mol. The molecule has 0 radical (unpaired) electrons. The van der Waals surface area contributed by atoms with Gasteiger partial charge in [-0.25, -0.2) is 5.43 Å². The van der Waals surface area contributed by atoms with Crippen molar-refractivity contribution in [2.75, 3.05) is 0 Å². The zero-order valence-electron chi connectivity index (χ0n) is 9.81. The predicted molar refractivity (Wildman–Crippen MR) is 78.0 cm³/mol. The highest BCUT2D eigenvalue weighted by Gasteiger charge is 2.02. The summed E-state index contributed by atoms with van der Waals surface area (Å²) in [4.78, 5) is 11.7. The van der Waals surface area contributed by atoms with Crippen LogP contribution in [0, 0.1) is 0 Å². The predicted octanol–water partition coefficient (Wildman–Crippen LogP) is 3.76. The minimum Gasteiger partial charge on any atom is -0.267 e. The highest BCUT2D eigenvalue weighted by molar-refractivity contribution is 6.31. The summed E-state index contributed by atoms with van der Waals surface area (Å²) in [5.41, 5.74) is 3.73. The fraction of sp³-hybridized carbons (Fsp3) is 0. The molecule has 0 aromatic heterocycles. The Labute approximate surface area is 120 Å². The Morgan fingerprint density at radius 3 is 2.47 bits per heavy atom. The van der Waals surface area contributed by atoms with Crippen LogP contribution < -0.4 is 5.43 Å². The largest absolute Gasteiger partial charge is 0.271 e. The first-order chi connectivity index (χ1) is 9.15. The topological polar surface area (TPSA) is 41.5 Å². The maximum Gasteiger partial charge on any atom is 0.271 e. The van der Waals surface area contributed by atoms with E-state index in [-0.39, 0.29) is 5.91 Å². The molecule has 5 heteroatoms. The second-order valence-corrected chi connectivity index (χ2v) is 4.63. The van der Waals surface area contributed by atoms with Gasteiger partial charge in [-0.3, -0.25) is 4.79 Å². The summed E-state index contributed by atoms with van der Waals surface area (Å²) in [6.45, 7) is 0. The van der Waals surface area contributed by atoms with Crippen molar-refractivity contribution in [1.82, 2.24) is 5.43 Å². The number of halogens is 2. The van der Waals surface area contributed by atoms with E-state index in [1.807, 2.05) is 12.1 Å². The quantitative estimate of drug-likeness (QED) is 0.679. The van der Waals surface area contributed by atoms with Crippen LogP contribution in [-0.2, 0) is 0 Å². The Bertz CT molecular complexity index is 609. The lowest BCUT2D eigenvalue weighted by molar-refractivity contribution is 0.0955. The van der Waals surface area contributed by atoms with Gasteiger partial charge in [-0.15, -0.1) is 0 Å². The van der Waals surface area contributed by atoms with Gasteiger partial charge < -0.3 is 0 Å². The fourth-order valence-corrected chi connectivity index (χ4v) is 1.74. The van der Waals surface area contributed by atoms with Crippen LogP contribution in [0.15, 0.2) is 53.6 Å². The smallest absolute Gasteiger partial charge is 0.267 e. The second-order valence-electron chi connectivity index (χ2n) is 3.76. The molecule has 19 heavy (non-hydrogen) atoms. The lowest BCUT2D eigenvalue weighted by Gasteiger charge is -1.99. The first-order valence-corrected chi connectivity index (χ1v) is 6.25. The van der Waals surface area contributed by atoms with Crippen LogP contribution in [0.4, 0.5) is 0 Å². The molecule has 2 aromatic carbocycles. The van der Waals surface area contributed by atoms with Crippen molar-refractivity contribution >= 4 is 35.3 Å². The Hall–Kier alpha value is -1.84. The Morgan fingerprint density at radius 2 is 1.79 bits per heavy atom.